The van der Waals surface area contributed by atoms with Gasteiger partial charge in [0, 0.05) is 87.8 Å². The number of imidazole rings is 1. The highest BCUT2D eigenvalue weighted by Crippen LogP contribution is 2.50. The van der Waals surface area contributed by atoms with Crippen molar-refractivity contribution in [1.29, 1.82) is 0 Å². The van der Waals surface area contributed by atoms with E-state index in [0.717, 1.165) is 97.8 Å². The molecule has 5 aromatic rings. The van der Waals surface area contributed by atoms with Gasteiger partial charge in [0.25, 0.3) is 5.91 Å². The predicted octanol–water partition coefficient (Wildman–Crippen LogP) is 2.51. The van der Waals surface area contributed by atoms with Crippen molar-refractivity contribution >= 4 is 34.4 Å². The van der Waals surface area contributed by atoms with Gasteiger partial charge in [-0.25, -0.2) is 14.8 Å². The zero-order valence-corrected chi connectivity index (χ0v) is 29.5. The van der Waals surface area contributed by atoms with Crippen LogP contribution in [0.15, 0.2) is 53.7 Å². The van der Waals surface area contributed by atoms with Crippen molar-refractivity contribution in [3.8, 4) is 22.8 Å². The summed E-state index contributed by atoms with van der Waals surface area (Å²) >= 11 is 0. The largest absolute Gasteiger partial charge is 0.371 e. The Labute approximate surface area is 304 Å². The first-order chi connectivity index (χ1) is 25.7. The molecule has 15 heteroatoms. The fourth-order valence-corrected chi connectivity index (χ4v) is 8.91. The van der Waals surface area contributed by atoms with Gasteiger partial charge in [-0.15, -0.1) is 0 Å². The molecule has 3 amide bonds. The first-order valence-corrected chi connectivity index (χ1v) is 18.6. The molecule has 3 saturated heterocycles. The third-order valence-corrected chi connectivity index (χ3v) is 12.2. The van der Waals surface area contributed by atoms with Crippen molar-refractivity contribution in [3.05, 3.63) is 70.7 Å². The lowest BCUT2D eigenvalue weighted by Gasteiger charge is -2.44. The van der Waals surface area contributed by atoms with Crippen LogP contribution in [0, 0.1) is 5.92 Å². The number of rotatable bonds is 7. The number of carbonyl (C=O) groups is 3. The molecule has 0 bridgehead atoms. The maximum absolute atomic E-state index is 13.2. The molecule has 1 aliphatic carbocycles. The van der Waals surface area contributed by atoms with Gasteiger partial charge in [-0.1, -0.05) is 0 Å². The molecule has 1 unspecified atom stereocenters. The second-order valence-corrected chi connectivity index (χ2v) is 15.6. The predicted molar refractivity (Wildman–Crippen MR) is 195 cm³/mol. The van der Waals surface area contributed by atoms with E-state index in [9.17, 15) is 19.2 Å². The summed E-state index contributed by atoms with van der Waals surface area (Å²) in [6.45, 7) is 5.67. The smallest absolute Gasteiger partial charge is 0.329 e. The summed E-state index contributed by atoms with van der Waals surface area (Å²) in [6, 6.07) is 9.42. The van der Waals surface area contributed by atoms with Crippen molar-refractivity contribution in [3.63, 3.8) is 0 Å². The van der Waals surface area contributed by atoms with Crippen molar-refractivity contribution in [2.24, 2.45) is 13.0 Å². The number of aryl methyl sites for hydroxylation is 1. The fraction of sp³-hybridized carbons (Fsp3) is 0.447. The van der Waals surface area contributed by atoms with E-state index in [-0.39, 0.29) is 29.3 Å². The molecule has 272 valence electrons. The lowest BCUT2D eigenvalue weighted by Crippen LogP contribution is -2.52. The number of piperidine rings is 2. The van der Waals surface area contributed by atoms with Gasteiger partial charge in [-0.2, -0.15) is 5.10 Å². The molecular formula is C38H41N11O4. The van der Waals surface area contributed by atoms with E-state index in [1.807, 2.05) is 36.5 Å². The summed E-state index contributed by atoms with van der Waals surface area (Å²) in [5.41, 5.74) is 6.61. The Balaban J connectivity index is 0.747. The molecule has 4 fully saturated rings. The van der Waals surface area contributed by atoms with Gasteiger partial charge < -0.3 is 20.1 Å². The van der Waals surface area contributed by atoms with Crippen LogP contribution in [-0.4, -0.2) is 95.8 Å². The SMILES string of the molecule is Cn1c(=O)n(C2CCC(=O)NC2=O)c2ccc(N3CC(CN4CCC(n5cc(-c6nccc(-c7cc8c([nH]7)C7(CC7)CNC8=O)n6)cn5)CC4)C3)cc21. The molecule has 53 heavy (non-hydrogen) atoms. The lowest BCUT2D eigenvalue weighted by molar-refractivity contribution is -0.135. The number of carbonyl (C=O) groups excluding carboxylic acids is 3. The molecule has 3 N–H and O–H groups in total. The van der Waals surface area contributed by atoms with Crippen LogP contribution >= 0.6 is 0 Å². The number of aromatic amines is 1. The number of likely N-dealkylation sites (tertiary alicyclic amines) is 1. The maximum atomic E-state index is 13.2. The Hall–Kier alpha value is -5.57. The summed E-state index contributed by atoms with van der Waals surface area (Å²) in [5, 5.41) is 10.1. The van der Waals surface area contributed by atoms with Crippen molar-refractivity contribution in [1.82, 2.24) is 49.4 Å². The van der Waals surface area contributed by atoms with Crippen LogP contribution < -0.4 is 21.2 Å². The fourth-order valence-electron chi connectivity index (χ4n) is 8.91. The molecule has 0 radical (unpaired) electrons. The van der Waals surface area contributed by atoms with Gasteiger partial charge in [0.1, 0.15) is 6.04 Å². The minimum atomic E-state index is -0.683. The van der Waals surface area contributed by atoms with Crippen LogP contribution in [0.25, 0.3) is 33.8 Å². The summed E-state index contributed by atoms with van der Waals surface area (Å²) in [4.78, 5) is 67.8. The normalized spacial score (nSPS) is 21.9. The summed E-state index contributed by atoms with van der Waals surface area (Å²) in [7, 11) is 1.73. The molecule has 1 saturated carbocycles. The van der Waals surface area contributed by atoms with Crippen LogP contribution in [-0.2, 0) is 22.1 Å². The minimum absolute atomic E-state index is 0.0260. The molecule has 4 aliphatic heterocycles. The Morgan fingerprint density at radius 2 is 1.81 bits per heavy atom. The maximum Gasteiger partial charge on any atom is 0.329 e. The third kappa shape index (κ3) is 5.39. The highest BCUT2D eigenvalue weighted by molar-refractivity contribution is 6.00. The zero-order chi connectivity index (χ0) is 36.0. The summed E-state index contributed by atoms with van der Waals surface area (Å²) in [6.07, 6.45) is 10.4. The average Bonchev–Trinajstić information content (AvgIpc) is 3.45. The Bertz CT molecular complexity index is 2370. The highest BCUT2D eigenvalue weighted by atomic mass is 16.2. The summed E-state index contributed by atoms with van der Waals surface area (Å²) in [5.74, 6) is 0.440. The number of amides is 3. The molecule has 10 rings (SSSR count). The second kappa shape index (κ2) is 12.0. The monoisotopic (exact) mass is 715 g/mol. The molecule has 4 aromatic heterocycles. The third-order valence-electron chi connectivity index (χ3n) is 12.2. The van der Waals surface area contributed by atoms with Crippen LogP contribution in [0.1, 0.15) is 66.7 Å². The van der Waals surface area contributed by atoms with Crippen LogP contribution in [0.5, 0.6) is 0 Å². The standard InChI is InChI=1S/C38H41N11O4/c1-45-31-14-25(2-3-29(31)49(37(45)53)30-4-5-32(50)44-36(30)52)47-18-22(19-47)17-46-12-7-24(8-13-46)48-20-23(16-41-48)34-39-11-6-27(43-34)28-15-26-33(42-28)38(9-10-38)21-40-35(26)51/h2-3,6,11,14-16,20,22,24,30,42H,4-5,7-10,12-13,17-19,21H2,1H3,(H,40,51)(H,44,50,52). The van der Waals surface area contributed by atoms with E-state index in [1.54, 1.807) is 17.8 Å². The van der Waals surface area contributed by atoms with Crippen molar-refractivity contribution in [2.75, 3.05) is 44.2 Å². The van der Waals surface area contributed by atoms with E-state index in [1.165, 1.54) is 4.57 Å². The van der Waals surface area contributed by atoms with Crippen molar-refractivity contribution in [2.45, 2.75) is 56.0 Å². The molecule has 1 atom stereocenters. The second-order valence-electron chi connectivity index (χ2n) is 15.6. The Kier molecular flexibility index (Phi) is 7.26. The first-order valence-electron chi connectivity index (χ1n) is 18.6. The van der Waals surface area contributed by atoms with E-state index < -0.39 is 11.9 Å². The molecule has 8 heterocycles. The van der Waals surface area contributed by atoms with Gasteiger partial charge >= 0.3 is 5.69 Å². The number of hydrogen-bond acceptors (Lipinski definition) is 9. The molecule has 5 aliphatic rings. The number of aromatic nitrogens is 7. The van der Waals surface area contributed by atoms with Gasteiger partial charge in [-0.05, 0) is 62.4 Å². The Morgan fingerprint density at radius 3 is 2.60 bits per heavy atom. The number of fused-ring (bicyclic) bond motifs is 3. The topological polar surface area (TPSA) is 168 Å². The van der Waals surface area contributed by atoms with Crippen LogP contribution in [0.3, 0.4) is 0 Å². The van der Waals surface area contributed by atoms with Gasteiger partial charge in [-0.3, -0.25) is 33.5 Å². The number of benzene rings is 1. The van der Waals surface area contributed by atoms with Crippen molar-refractivity contribution < 1.29 is 14.4 Å². The van der Waals surface area contributed by atoms with Crippen LogP contribution in [0.2, 0.25) is 0 Å². The zero-order valence-electron chi connectivity index (χ0n) is 29.5. The van der Waals surface area contributed by atoms with E-state index >= 15 is 0 Å². The highest BCUT2D eigenvalue weighted by Gasteiger charge is 2.50. The molecule has 1 spiro atoms. The van der Waals surface area contributed by atoms with E-state index in [0.29, 0.717) is 36.3 Å². The minimum Gasteiger partial charge on any atom is -0.371 e. The first kappa shape index (κ1) is 32.1. The number of hydrogen-bond donors (Lipinski definition) is 3. The number of H-pyrrole nitrogens is 1. The van der Waals surface area contributed by atoms with Gasteiger partial charge in [0.15, 0.2) is 5.82 Å². The average molecular weight is 716 g/mol. The van der Waals surface area contributed by atoms with Gasteiger partial charge in [0.05, 0.1) is 45.8 Å². The Morgan fingerprint density at radius 1 is 0.981 bits per heavy atom. The molecule has 15 nitrogen and oxygen atoms in total. The molecular weight excluding hydrogens is 674 g/mol. The van der Waals surface area contributed by atoms with E-state index in [2.05, 4.69) is 41.3 Å². The number of nitrogens with one attached hydrogen (secondary N) is 3. The number of anilines is 1. The summed E-state index contributed by atoms with van der Waals surface area (Å²) < 4.78 is 5.19. The number of nitrogens with zero attached hydrogens (tertiary/aromatic N) is 8. The molecule has 1 aromatic carbocycles. The lowest BCUT2D eigenvalue weighted by atomic mass is 9.95. The van der Waals surface area contributed by atoms with Gasteiger partial charge in [0.2, 0.25) is 11.8 Å². The van der Waals surface area contributed by atoms with E-state index in [4.69, 9.17) is 10.1 Å². The number of imide groups is 1. The quantitative estimate of drug-likeness (QED) is 0.215. The van der Waals surface area contributed by atoms with Crippen LogP contribution in [0.4, 0.5) is 5.69 Å².